The summed E-state index contributed by atoms with van der Waals surface area (Å²) in [6.07, 6.45) is 1.48. The predicted molar refractivity (Wildman–Crippen MR) is 75.5 cm³/mol. The second-order valence-corrected chi connectivity index (χ2v) is 5.01. The molecule has 0 spiro atoms. The van der Waals surface area contributed by atoms with Gasteiger partial charge < -0.3 is 15.5 Å². The highest BCUT2D eigenvalue weighted by molar-refractivity contribution is 5.95. The van der Waals surface area contributed by atoms with Crippen molar-refractivity contribution in [2.75, 3.05) is 13.2 Å². The molecule has 0 aliphatic carbocycles. The fourth-order valence-corrected chi connectivity index (χ4v) is 1.75. The van der Waals surface area contributed by atoms with Gasteiger partial charge in [-0.1, -0.05) is 24.3 Å². The van der Waals surface area contributed by atoms with Crippen molar-refractivity contribution in [2.45, 2.75) is 26.3 Å². The fraction of sp³-hybridized carbons (Fsp3) is 0.400. The van der Waals surface area contributed by atoms with Crippen molar-refractivity contribution < 1.29 is 15.0 Å². The number of allylic oxidation sites excluding steroid dienone is 1. The SMILES string of the molecule is C/C(=C\C(=O)NC(C)(CO)CO)c1ccccc1C. The number of aliphatic hydroxyl groups excluding tert-OH is 2. The molecule has 0 radical (unpaired) electrons. The van der Waals surface area contributed by atoms with Crippen LogP contribution in [0.4, 0.5) is 0 Å². The van der Waals surface area contributed by atoms with E-state index >= 15 is 0 Å². The van der Waals surface area contributed by atoms with Crippen LogP contribution in [0.25, 0.3) is 5.57 Å². The third kappa shape index (κ3) is 4.19. The molecule has 1 amide bonds. The normalized spacial score (nSPS) is 12.4. The van der Waals surface area contributed by atoms with Crippen molar-refractivity contribution in [3.05, 3.63) is 41.5 Å². The maximum absolute atomic E-state index is 11.9. The number of amides is 1. The number of rotatable bonds is 5. The quantitative estimate of drug-likeness (QED) is 0.700. The van der Waals surface area contributed by atoms with Crippen molar-refractivity contribution >= 4 is 11.5 Å². The van der Waals surface area contributed by atoms with E-state index in [2.05, 4.69) is 5.32 Å². The Morgan fingerprint density at radius 3 is 2.42 bits per heavy atom. The van der Waals surface area contributed by atoms with Gasteiger partial charge in [-0.05, 0) is 37.5 Å². The third-order valence-electron chi connectivity index (χ3n) is 3.04. The van der Waals surface area contributed by atoms with Gasteiger partial charge in [0.15, 0.2) is 0 Å². The number of nitrogens with one attached hydrogen (secondary N) is 1. The standard InChI is InChI=1S/C15H21NO3/c1-11-6-4-5-7-13(11)12(2)8-14(19)16-15(3,9-17)10-18/h4-8,17-18H,9-10H2,1-3H3,(H,16,19)/b12-8+. The Morgan fingerprint density at radius 2 is 1.89 bits per heavy atom. The topological polar surface area (TPSA) is 69.6 Å². The van der Waals surface area contributed by atoms with Gasteiger partial charge in [0.25, 0.3) is 0 Å². The number of hydrogen-bond donors (Lipinski definition) is 3. The molecule has 104 valence electrons. The maximum atomic E-state index is 11.9. The minimum absolute atomic E-state index is 0.313. The first-order chi connectivity index (χ1) is 8.91. The highest BCUT2D eigenvalue weighted by atomic mass is 16.3. The summed E-state index contributed by atoms with van der Waals surface area (Å²) in [6.45, 7) is 4.80. The monoisotopic (exact) mass is 263 g/mol. The van der Waals surface area contributed by atoms with Gasteiger partial charge in [-0.2, -0.15) is 0 Å². The molecule has 1 aromatic carbocycles. The molecular formula is C15H21NO3. The van der Waals surface area contributed by atoms with E-state index in [9.17, 15) is 4.79 Å². The van der Waals surface area contributed by atoms with Gasteiger partial charge in [0.05, 0.1) is 18.8 Å². The van der Waals surface area contributed by atoms with Gasteiger partial charge >= 0.3 is 0 Å². The average molecular weight is 263 g/mol. The molecule has 3 N–H and O–H groups in total. The summed E-state index contributed by atoms with van der Waals surface area (Å²) < 4.78 is 0. The summed E-state index contributed by atoms with van der Waals surface area (Å²) in [5.41, 5.74) is 1.94. The summed E-state index contributed by atoms with van der Waals surface area (Å²) in [7, 11) is 0. The summed E-state index contributed by atoms with van der Waals surface area (Å²) >= 11 is 0. The molecule has 0 atom stereocenters. The summed E-state index contributed by atoms with van der Waals surface area (Å²) in [5, 5.41) is 20.9. The maximum Gasteiger partial charge on any atom is 0.244 e. The molecule has 0 saturated carbocycles. The van der Waals surface area contributed by atoms with Crippen LogP contribution in [0.2, 0.25) is 0 Å². The van der Waals surface area contributed by atoms with Crippen molar-refractivity contribution in [3.8, 4) is 0 Å². The number of aryl methyl sites for hydroxylation is 1. The number of aliphatic hydroxyl groups is 2. The van der Waals surface area contributed by atoms with E-state index in [0.29, 0.717) is 0 Å². The van der Waals surface area contributed by atoms with Crippen LogP contribution in [-0.4, -0.2) is 34.9 Å². The number of carbonyl (C=O) groups is 1. The Balaban J connectivity index is 2.86. The zero-order valence-corrected chi connectivity index (χ0v) is 11.6. The fourth-order valence-electron chi connectivity index (χ4n) is 1.75. The molecule has 4 nitrogen and oxygen atoms in total. The first-order valence-corrected chi connectivity index (χ1v) is 6.20. The Hall–Kier alpha value is -1.65. The molecule has 1 aromatic rings. The van der Waals surface area contributed by atoms with Gasteiger partial charge in [0.1, 0.15) is 0 Å². The van der Waals surface area contributed by atoms with E-state index < -0.39 is 5.54 Å². The van der Waals surface area contributed by atoms with E-state index in [1.165, 1.54) is 6.08 Å². The minimum atomic E-state index is -1.00. The highest BCUT2D eigenvalue weighted by Crippen LogP contribution is 2.17. The van der Waals surface area contributed by atoms with E-state index in [4.69, 9.17) is 10.2 Å². The summed E-state index contributed by atoms with van der Waals surface area (Å²) in [5.74, 6) is -0.327. The van der Waals surface area contributed by atoms with E-state index in [1.54, 1.807) is 6.92 Å². The van der Waals surface area contributed by atoms with Gasteiger partial charge in [0.2, 0.25) is 5.91 Å². The molecule has 0 heterocycles. The molecule has 1 rings (SSSR count). The predicted octanol–water partition coefficient (Wildman–Crippen LogP) is 1.26. The van der Waals surface area contributed by atoms with Crippen LogP contribution in [0.15, 0.2) is 30.3 Å². The largest absolute Gasteiger partial charge is 0.394 e. The Labute approximate surface area is 113 Å². The summed E-state index contributed by atoms with van der Waals surface area (Å²) in [6, 6.07) is 7.80. The zero-order valence-electron chi connectivity index (χ0n) is 11.6. The molecule has 0 bridgehead atoms. The Morgan fingerprint density at radius 1 is 1.32 bits per heavy atom. The molecular weight excluding hydrogens is 242 g/mol. The van der Waals surface area contributed by atoms with Crippen molar-refractivity contribution in [2.24, 2.45) is 0 Å². The van der Waals surface area contributed by atoms with Crippen molar-refractivity contribution in [1.29, 1.82) is 0 Å². The van der Waals surface area contributed by atoms with Crippen LogP contribution in [0, 0.1) is 6.92 Å². The van der Waals surface area contributed by atoms with E-state index in [-0.39, 0.29) is 19.1 Å². The zero-order chi connectivity index (χ0) is 14.5. The van der Waals surface area contributed by atoms with Crippen molar-refractivity contribution in [3.63, 3.8) is 0 Å². The van der Waals surface area contributed by atoms with Crippen LogP contribution in [0.5, 0.6) is 0 Å². The molecule has 0 aliphatic rings. The van der Waals surface area contributed by atoms with E-state index in [0.717, 1.165) is 16.7 Å². The van der Waals surface area contributed by atoms with Gasteiger partial charge in [-0.25, -0.2) is 0 Å². The smallest absolute Gasteiger partial charge is 0.244 e. The van der Waals surface area contributed by atoms with Gasteiger partial charge in [0, 0.05) is 6.08 Å². The lowest BCUT2D eigenvalue weighted by Gasteiger charge is -2.25. The number of carbonyl (C=O) groups excluding carboxylic acids is 1. The van der Waals surface area contributed by atoms with Crippen LogP contribution in [0.1, 0.15) is 25.0 Å². The van der Waals surface area contributed by atoms with Crippen molar-refractivity contribution in [1.82, 2.24) is 5.32 Å². The van der Waals surface area contributed by atoms with Gasteiger partial charge in [-0.15, -0.1) is 0 Å². The lowest BCUT2D eigenvalue weighted by molar-refractivity contribution is -0.119. The van der Waals surface area contributed by atoms with Crippen LogP contribution < -0.4 is 5.32 Å². The lowest BCUT2D eigenvalue weighted by Crippen LogP contribution is -2.51. The molecule has 4 heteroatoms. The van der Waals surface area contributed by atoms with Crippen LogP contribution in [0.3, 0.4) is 0 Å². The Bertz CT molecular complexity index is 476. The lowest BCUT2D eigenvalue weighted by atomic mass is 10.0. The van der Waals surface area contributed by atoms with E-state index in [1.807, 2.05) is 38.1 Å². The van der Waals surface area contributed by atoms with Crippen LogP contribution in [-0.2, 0) is 4.79 Å². The number of benzene rings is 1. The number of hydrogen-bond acceptors (Lipinski definition) is 3. The molecule has 0 fully saturated rings. The second-order valence-electron chi connectivity index (χ2n) is 5.01. The average Bonchev–Trinajstić information content (AvgIpc) is 2.38. The summed E-state index contributed by atoms with van der Waals surface area (Å²) in [4.78, 5) is 11.9. The molecule has 0 aliphatic heterocycles. The highest BCUT2D eigenvalue weighted by Gasteiger charge is 2.23. The first-order valence-electron chi connectivity index (χ1n) is 6.20. The molecule has 19 heavy (non-hydrogen) atoms. The minimum Gasteiger partial charge on any atom is -0.394 e. The van der Waals surface area contributed by atoms with Crippen LogP contribution >= 0.6 is 0 Å². The Kier molecular flexibility index (Phi) is 5.27. The van der Waals surface area contributed by atoms with Gasteiger partial charge in [-0.3, -0.25) is 4.79 Å². The first kappa shape index (κ1) is 15.4. The molecule has 0 unspecified atom stereocenters. The molecule has 0 aromatic heterocycles. The molecule has 0 saturated heterocycles. The second kappa shape index (κ2) is 6.50. The third-order valence-corrected chi connectivity index (χ3v) is 3.04.